The Balaban J connectivity index is 1.30. The van der Waals surface area contributed by atoms with Gasteiger partial charge in [0.1, 0.15) is 0 Å². The van der Waals surface area contributed by atoms with Crippen LogP contribution in [0.1, 0.15) is 18.4 Å². The highest BCUT2D eigenvalue weighted by Gasteiger charge is 2.25. The van der Waals surface area contributed by atoms with Crippen molar-refractivity contribution >= 4 is 38.9 Å². The lowest BCUT2D eigenvalue weighted by molar-refractivity contribution is -0.121. The van der Waals surface area contributed by atoms with Crippen molar-refractivity contribution < 1.29 is 13.2 Å². The number of hydrogen-bond donors (Lipinski definition) is 2. The molecule has 1 heterocycles. The Labute approximate surface area is 199 Å². The standard InChI is InChI=1S/C25H26ClN3O3S/c26-21-7-4-8-23(17-21)28-33(31,32)24-11-9-22(10-12-24)27-25(30)20-13-15-29(16-14-20)18-19-5-2-1-3-6-19/h1-12,17,20,28H,13-16,18H2,(H,27,30). The Morgan fingerprint density at radius 2 is 1.61 bits per heavy atom. The van der Waals surface area contributed by atoms with Gasteiger partial charge >= 0.3 is 0 Å². The Kier molecular flexibility index (Phi) is 7.33. The molecule has 0 aliphatic carbocycles. The van der Waals surface area contributed by atoms with Crippen LogP contribution >= 0.6 is 11.6 Å². The van der Waals surface area contributed by atoms with Crippen LogP contribution in [-0.2, 0) is 21.4 Å². The van der Waals surface area contributed by atoms with Gasteiger partial charge in [0.15, 0.2) is 0 Å². The molecular formula is C25H26ClN3O3S. The zero-order chi connectivity index (χ0) is 23.3. The lowest BCUT2D eigenvalue weighted by Crippen LogP contribution is -2.37. The average molecular weight is 484 g/mol. The van der Waals surface area contributed by atoms with E-state index in [9.17, 15) is 13.2 Å². The summed E-state index contributed by atoms with van der Waals surface area (Å²) in [5.74, 6) is -0.0769. The van der Waals surface area contributed by atoms with E-state index in [1.165, 1.54) is 17.7 Å². The molecular weight excluding hydrogens is 458 g/mol. The first-order chi connectivity index (χ1) is 15.9. The summed E-state index contributed by atoms with van der Waals surface area (Å²) < 4.78 is 27.7. The minimum Gasteiger partial charge on any atom is -0.326 e. The number of anilines is 2. The van der Waals surface area contributed by atoms with Crippen molar-refractivity contribution in [3.63, 3.8) is 0 Å². The van der Waals surface area contributed by atoms with E-state index in [2.05, 4.69) is 27.1 Å². The van der Waals surface area contributed by atoms with Crippen LogP contribution in [0.5, 0.6) is 0 Å². The van der Waals surface area contributed by atoms with Crippen molar-refractivity contribution in [2.75, 3.05) is 23.1 Å². The molecule has 8 heteroatoms. The second-order valence-corrected chi connectivity index (χ2v) is 10.3. The Morgan fingerprint density at radius 1 is 0.909 bits per heavy atom. The number of piperidine rings is 1. The number of carbonyl (C=O) groups is 1. The monoisotopic (exact) mass is 483 g/mol. The topological polar surface area (TPSA) is 78.5 Å². The number of benzene rings is 3. The van der Waals surface area contributed by atoms with Gasteiger partial charge in [-0.2, -0.15) is 0 Å². The van der Waals surface area contributed by atoms with Gasteiger partial charge < -0.3 is 5.32 Å². The first-order valence-corrected chi connectivity index (χ1v) is 12.7. The number of likely N-dealkylation sites (tertiary alicyclic amines) is 1. The molecule has 1 saturated heterocycles. The average Bonchev–Trinajstić information content (AvgIpc) is 2.80. The molecule has 0 bridgehead atoms. The van der Waals surface area contributed by atoms with E-state index in [-0.39, 0.29) is 16.7 Å². The first-order valence-electron chi connectivity index (χ1n) is 10.8. The molecule has 6 nitrogen and oxygen atoms in total. The highest BCUT2D eigenvalue weighted by Crippen LogP contribution is 2.23. The highest BCUT2D eigenvalue weighted by atomic mass is 35.5. The van der Waals surface area contributed by atoms with Crippen LogP contribution in [0.3, 0.4) is 0 Å². The lowest BCUT2D eigenvalue weighted by Gasteiger charge is -2.31. The Morgan fingerprint density at radius 3 is 2.27 bits per heavy atom. The van der Waals surface area contributed by atoms with Crippen LogP contribution < -0.4 is 10.0 Å². The van der Waals surface area contributed by atoms with Gasteiger partial charge in [0, 0.05) is 23.2 Å². The molecule has 0 radical (unpaired) electrons. The van der Waals surface area contributed by atoms with Gasteiger partial charge in [-0.25, -0.2) is 8.42 Å². The van der Waals surface area contributed by atoms with E-state index in [1.807, 2.05) is 18.2 Å². The quantitative estimate of drug-likeness (QED) is 0.496. The predicted molar refractivity (Wildman–Crippen MR) is 132 cm³/mol. The second kappa shape index (κ2) is 10.4. The molecule has 0 spiro atoms. The van der Waals surface area contributed by atoms with Crippen molar-refractivity contribution in [1.82, 2.24) is 4.90 Å². The number of amides is 1. The summed E-state index contributed by atoms with van der Waals surface area (Å²) in [6, 6.07) is 23.0. The van der Waals surface area contributed by atoms with Crippen LogP contribution in [0.15, 0.2) is 83.8 Å². The molecule has 1 aliphatic rings. The summed E-state index contributed by atoms with van der Waals surface area (Å²) in [6.07, 6.45) is 1.60. The normalized spacial score (nSPS) is 15.2. The van der Waals surface area contributed by atoms with E-state index in [0.717, 1.165) is 32.5 Å². The molecule has 1 amide bonds. The minimum atomic E-state index is -3.75. The fraction of sp³-hybridized carbons (Fsp3) is 0.240. The summed E-state index contributed by atoms with van der Waals surface area (Å²) in [4.78, 5) is 15.2. The van der Waals surface area contributed by atoms with E-state index in [4.69, 9.17) is 11.6 Å². The van der Waals surface area contributed by atoms with Crippen molar-refractivity contribution in [2.24, 2.45) is 5.92 Å². The van der Waals surface area contributed by atoms with E-state index >= 15 is 0 Å². The molecule has 2 N–H and O–H groups in total. The zero-order valence-corrected chi connectivity index (χ0v) is 19.6. The Bertz CT molecular complexity index is 1190. The van der Waals surface area contributed by atoms with Crippen molar-refractivity contribution in [2.45, 2.75) is 24.3 Å². The number of rotatable bonds is 7. The third kappa shape index (κ3) is 6.35. The SMILES string of the molecule is O=C(Nc1ccc(S(=O)(=O)Nc2cccc(Cl)c2)cc1)C1CCN(Cc2ccccc2)CC1. The minimum absolute atomic E-state index is 0.0259. The van der Waals surface area contributed by atoms with E-state index < -0.39 is 10.0 Å². The Hall–Kier alpha value is -2.87. The maximum absolute atomic E-state index is 12.7. The van der Waals surface area contributed by atoms with Crippen LogP contribution in [0.2, 0.25) is 5.02 Å². The number of nitrogens with one attached hydrogen (secondary N) is 2. The molecule has 3 aromatic rings. The number of hydrogen-bond acceptors (Lipinski definition) is 4. The smallest absolute Gasteiger partial charge is 0.261 e. The van der Waals surface area contributed by atoms with Crippen LogP contribution in [0, 0.1) is 5.92 Å². The first kappa shape index (κ1) is 23.3. The molecule has 172 valence electrons. The summed E-state index contributed by atoms with van der Waals surface area (Å²) >= 11 is 5.92. The third-order valence-electron chi connectivity index (χ3n) is 5.72. The van der Waals surface area contributed by atoms with Gasteiger partial charge in [0.2, 0.25) is 5.91 Å². The molecule has 33 heavy (non-hydrogen) atoms. The van der Waals surface area contributed by atoms with Crippen molar-refractivity contribution in [3.8, 4) is 0 Å². The molecule has 1 aliphatic heterocycles. The maximum Gasteiger partial charge on any atom is 0.261 e. The second-order valence-electron chi connectivity index (χ2n) is 8.17. The fourth-order valence-corrected chi connectivity index (χ4v) is 5.16. The molecule has 4 rings (SSSR count). The zero-order valence-electron chi connectivity index (χ0n) is 18.1. The molecule has 0 aromatic heterocycles. The third-order valence-corrected chi connectivity index (χ3v) is 7.35. The molecule has 0 atom stereocenters. The fourth-order valence-electron chi connectivity index (χ4n) is 3.92. The number of halogens is 1. The van der Waals surface area contributed by atoms with Gasteiger partial charge in [-0.05, 0) is 74.0 Å². The molecule has 1 fully saturated rings. The number of sulfonamides is 1. The van der Waals surface area contributed by atoms with Gasteiger partial charge in [-0.15, -0.1) is 0 Å². The molecule has 0 saturated carbocycles. The van der Waals surface area contributed by atoms with Crippen molar-refractivity contribution in [1.29, 1.82) is 0 Å². The van der Waals surface area contributed by atoms with Gasteiger partial charge in [0.25, 0.3) is 10.0 Å². The number of nitrogens with zero attached hydrogens (tertiary/aromatic N) is 1. The summed E-state index contributed by atoms with van der Waals surface area (Å²) in [5, 5.41) is 3.37. The van der Waals surface area contributed by atoms with Crippen LogP contribution in [-0.4, -0.2) is 32.3 Å². The van der Waals surface area contributed by atoms with Crippen LogP contribution in [0.4, 0.5) is 11.4 Å². The van der Waals surface area contributed by atoms with Gasteiger partial charge in [0.05, 0.1) is 10.6 Å². The molecule has 0 unspecified atom stereocenters. The highest BCUT2D eigenvalue weighted by molar-refractivity contribution is 7.92. The lowest BCUT2D eigenvalue weighted by atomic mass is 9.95. The number of carbonyl (C=O) groups excluding carboxylic acids is 1. The summed E-state index contributed by atoms with van der Waals surface area (Å²) in [7, 11) is -3.75. The predicted octanol–water partition coefficient (Wildman–Crippen LogP) is 4.99. The summed E-state index contributed by atoms with van der Waals surface area (Å²) in [6.45, 7) is 2.65. The van der Waals surface area contributed by atoms with E-state index in [0.29, 0.717) is 16.4 Å². The molecule has 3 aromatic carbocycles. The largest absolute Gasteiger partial charge is 0.326 e. The maximum atomic E-state index is 12.7. The van der Waals surface area contributed by atoms with Crippen molar-refractivity contribution in [3.05, 3.63) is 89.4 Å². The van der Waals surface area contributed by atoms with Gasteiger partial charge in [-0.3, -0.25) is 14.4 Å². The van der Waals surface area contributed by atoms with Crippen LogP contribution in [0.25, 0.3) is 0 Å². The van der Waals surface area contributed by atoms with E-state index in [1.54, 1.807) is 36.4 Å². The van der Waals surface area contributed by atoms with Gasteiger partial charge in [-0.1, -0.05) is 48.0 Å². The summed E-state index contributed by atoms with van der Waals surface area (Å²) in [5.41, 5.74) is 2.24.